The Labute approximate surface area is 115 Å². The Morgan fingerprint density at radius 2 is 1.78 bits per heavy atom. The smallest absolute Gasteiger partial charge is 0.119 e. The van der Waals surface area contributed by atoms with Gasteiger partial charge in [-0.1, -0.05) is 13.8 Å². The van der Waals surface area contributed by atoms with E-state index in [1.54, 1.807) is 0 Å². The molecule has 0 saturated heterocycles. The van der Waals surface area contributed by atoms with E-state index in [0.717, 1.165) is 36.9 Å². The van der Waals surface area contributed by atoms with E-state index in [4.69, 9.17) is 10.5 Å². The van der Waals surface area contributed by atoms with Gasteiger partial charge >= 0.3 is 0 Å². The molecule has 0 aliphatic heterocycles. The van der Waals surface area contributed by atoms with E-state index in [1.807, 2.05) is 36.0 Å². The Balaban J connectivity index is 2.03. The number of benzene rings is 1. The third-order valence-corrected chi connectivity index (χ3v) is 3.75. The maximum Gasteiger partial charge on any atom is 0.119 e. The van der Waals surface area contributed by atoms with Crippen LogP contribution in [0.4, 0.5) is 5.69 Å². The Kier molecular flexibility index (Phi) is 7.69. The molecule has 0 spiro atoms. The summed E-state index contributed by atoms with van der Waals surface area (Å²) in [7, 11) is 0. The summed E-state index contributed by atoms with van der Waals surface area (Å²) in [5.41, 5.74) is 6.39. The molecule has 0 saturated carbocycles. The molecular weight excluding hydrogens is 244 g/mol. The van der Waals surface area contributed by atoms with E-state index in [-0.39, 0.29) is 0 Å². The van der Waals surface area contributed by atoms with Gasteiger partial charge in [0.05, 0.1) is 6.61 Å². The van der Waals surface area contributed by atoms with Gasteiger partial charge in [-0.25, -0.2) is 0 Å². The molecule has 1 rings (SSSR count). The van der Waals surface area contributed by atoms with Gasteiger partial charge in [-0.15, -0.1) is 0 Å². The van der Waals surface area contributed by atoms with Crippen LogP contribution in [0, 0.1) is 0 Å². The summed E-state index contributed by atoms with van der Waals surface area (Å²) < 4.78 is 5.63. The number of ether oxygens (including phenoxy) is 1. The van der Waals surface area contributed by atoms with Crippen LogP contribution in [-0.2, 0) is 0 Å². The van der Waals surface area contributed by atoms with Gasteiger partial charge in [0.15, 0.2) is 0 Å². The molecule has 0 fully saturated rings. The maximum atomic E-state index is 5.63. The van der Waals surface area contributed by atoms with Crippen molar-refractivity contribution in [2.75, 3.05) is 43.5 Å². The SMILES string of the molecule is CCN(CC)CCSCCOc1ccc(N)cc1. The minimum atomic E-state index is 0.757. The molecule has 0 amide bonds. The second-order valence-corrected chi connectivity index (χ2v) is 5.28. The lowest BCUT2D eigenvalue weighted by atomic mass is 10.3. The average Bonchev–Trinajstić information content (AvgIpc) is 2.40. The van der Waals surface area contributed by atoms with Crippen molar-refractivity contribution in [2.24, 2.45) is 0 Å². The highest BCUT2D eigenvalue weighted by Crippen LogP contribution is 2.13. The number of anilines is 1. The molecular formula is C14H24N2OS. The fourth-order valence-electron chi connectivity index (χ4n) is 1.62. The fourth-order valence-corrected chi connectivity index (χ4v) is 2.41. The van der Waals surface area contributed by atoms with Gasteiger partial charge in [0.2, 0.25) is 0 Å². The summed E-state index contributed by atoms with van der Waals surface area (Å²) in [5.74, 6) is 3.10. The molecule has 0 radical (unpaired) electrons. The van der Waals surface area contributed by atoms with Crippen LogP contribution in [0.25, 0.3) is 0 Å². The van der Waals surface area contributed by atoms with Crippen LogP contribution in [0.2, 0.25) is 0 Å². The van der Waals surface area contributed by atoms with Crippen molar-refractivity contribution in [3.8, 4) is 5.75 Å². The monoisotopic (exact) mass is 268 g/mol. The van der Waals surface area contributed by atoms with Crippen LogP contribution in [0.5, 0.6) is 5.75 Å². The maximum absolute atomic E-state index is 5.63. The van der Waals surface area contributed by atoms with Crippen molar-refractivity contribution in [3.05, 3.63) is 24.3 Å². The predicted octanol–water partition coefficient (Wildman–Crippen LogP) is 2.72. The standard InChI is InChI=1S/C14H24N2OS/c1-3-16(4-2)9-11-18-12-10-17-14-7-5-13(15)6-8-14/h5-8H,3-4,9-12,15H2,1-2H3. The Morgan fingerprint density at radius 3 is 2.39 bits per heavy atom. The third-order valence-electron chi connectivity index (χ3n) is 2.82. The fraction of sp³-hybridized carbons (Fsp3) is 0.571. The number of thioether (sulfide) groups is 1. The molecule has 0 aromatic heterocycles. The van der Waals surface area contributed by atoms with Crippen molar-refractivity contribution in [1.29, 1.82) is 0 Å². The minimum absolute atomic E-state index is 0.757. The molecule has 0 atom stereocenters. The Bertz CT molecular complexity index is 312. The first-order valence-electron chi connectivity index (χ1n) is 6.54. The van der Waals surface area contributed by atoms with Crippen molar-refractivity contribution < 1.29 is 4.74 Å². The lowest BCUT2D eigenvalue weighted by molar-refractivity contribution is 0.323. The highest BCUT2D eigenvalue weighted by Gasteiger charge is 1.98. The summed E-state index contributed by atoms with van der Waals surface area (Å²) >= 11 is 1.94. The number of nitrogens with two attached hydrogens (primary N) is 1. The number of hydrogen-bond donors (Lipinski definition) is 1. The summed E-state index contributed by atoms with van der Waals surface area (Å²) in [6.07, 6.45) is 0. The summed E-state index contributed by atoms with van der Waals surface area (Å²) in [6.45, 7) is 8.61. The van der Waals surface area contributed by atoms with Gasteiger partial charge in [-0.3, -0.25) is 0 Å². The van der Waals surface area contributed by atoms with Crippen LogP contribution in [0.1, 0.15) is 13.8 Å². The average molecular weight is 268 g/mol. The zero-order valence-corrected chi connectivity index (χ0v) is 12.2. The largest absolute Gasteiger partial charge is 0.493 e. The van der Waals surface area contributed by atoms with Gasteiger partial charge in [0, 0.05) is 23.7 Å². The Morgan fingerprint density at radius 1 is 1.11 bits per heavy atom. The first-order chi connectivity index (χ1) is 8.76. The topological polar surface area (TPSA) is 38.5 Å². The highest BCUT2D eigenvalue weighted by atomic mass is 32.2. The normalized spacial score (nSPS) is 10.8. The molecule has 102 valence electrons. The number of hydrogen-bond acceptors (Lipinski definition) is 4. The molecule has 3 nitrogen and oxygen atoms in total. The van der Waals surface area contributed by atoms with E-state index in [0.29, 0.717) is 0 Å². The number of nitrogens with zero attached hydrogens (tertiary/aromatic N) is 1. The second-order valence-electron chi connectivity index (χ2n) is 4.06. The van der Waals surface area contributed by atoms with Crippen LogP contribution in [0.15, 0.2) is 24.3 Å². The van der Waals surface area contributed by atoms with Gasteiger partial charge in [-0.2, -0.15) is 11.8 Å². The number of nitrogen functional groups attached to an aromatic ring is 1. The van der Waals surface area contributed by atoms with Crippen LogP contribution < -0.4 is 10.5 Å². The lowest BCUT2D eigenvalue weighted by Crippen LogP contribution is -2.25. The number of rotatable bonds is 9. The molecule has 0 heterocycles. The first kappa shape index (κ1) is 15.2. The second kappa shape index (κ2) is 9.11. The van der Waals surface area contributed by atoms with E-state index < -0.39 is 0 Å². The molecule has 1 aromatic rings. The van der Waals surface area contributed by atoms with E-state index >= 15 is 0 Å². The molecule has 0 unspecified atom stereocenters. The summed E-state index contributed by atoms with van der Waals surface area (Å²) in [5, 5.41) is 0. The molecule has 0 bridgehead atoms. The van der Waals surface area contributed by atoms with Crippen molar-refractivity contribution in [2.45, 2.75) is 13.8 Å². The van der Waals surface area contributed by atoms with Crippen molar-refractivity contribution in [3.63, 3.8) is 0 Å². The lowest BCUT2D eigenvalue weighted by Gasteiger charge is -2.17. The van der Waals surface area contributed by atoms with Gasteiger partial charge < -0.3 is 15.4 Å². The van der Waals surface area contributed by atoms with Gasteiger partial charge in [0.1, 0.15) is 5.75 Å². The molecule has 0 aliphatic rings. The van der Waals surface area contributed by atoms with E-state index in [1.165, 1.54) is 12.3 Å². The van der Waals surface area contributed by atoms with Crippen molar-refractivity contribution in [1.82, 2.24) is 4.90 Å². The van der Waals surface area contributed by atoms with Gasteiger partial charge in [-0.05, 0) is 37.4 Å². The zero-order chi connectivity index (χ0) is 13.2. The van der Waals surface area contributed by atoms with Crippen LogP contribution >= 0.6 is 11.8 Å². The Hall–Kier alpha value is -0.870. The third kappa shape index (κ3) is 6.17. The quantitative estimate of drug-likeness (QED) is 0.552. The summed E-state index contributed by atoms with van der Waals surface area (Å²) in [6, 6.07) is 7.55. The molecule has 0 aliphatic carbocycles. The highest BCUT2D eigenvalue weighted by molar-refractivity contribution is 7.99. The van der Waals surface area contributed by atoms with E-state index in [2.05, 4.69) is 18.7 Å². The van der Waals surface area contributed by atoms with Crippen molar-refractivity contribution >= 4 is 17.4 Å². The summed E-state index contributed by atoms with van der Waals surface area (Å²) in [4.78, 5) is 2.44. The van der Waals surface area contributed by atoms with E-state index in [9.17, 15) is 0 Å². The molecule has 18 heavy (non-hydrogen) atoms. The van der Waals surface area contributed by atoms with Crippen LogP contribution in [-0.4, -0.2) is 42.6 Å². The van der Waals surface area contributed by atoms with Gasteiger partial charge in [0.25, 0.3) is 0 Å². The molecule has 1 aromatic carbocycles. The predicted molar refractivity (Wildman–Crippen MR) is 81.5 cm³/mol. The zero-order valence-electron chi connectivity index (χ0n) is 11.4. The molecule has 4 heteroatoms. The molecule has 2 N–H and O–H groups in total. The first-order valence-corrected chi connectivity index (χ1v) is 7.70. The van der Waals surface area contributed by atoms with Crippen LogP contribution in [0.3, 0.4) is 0 Å². The minimum Gasteiger partial charge on any atom is -0.493 e.